The molecule has 0 N–H and O–H groups in total. The molecule has 254 valence electrons. The maximum Gasteiger partial charge on any atom is 0.0785 e. The van der Waals surface area contributed by atoms with Crippen LogP contribution >= 0.6 is 0 Å². The SMILES string of the molecule is Cn1c2ccccc2c2c3c4ccc(-c5ccc(-n6c7ccccc7c7ccc8c9ccccc9n(C)c8c76)cc5)cc4n(-c4ccccc4)c3ccc21. The van der Waals surface area contributed by atoms with Gasteiger partial charge in [-0.2, -0.15) is 0 Å². The first-order valence-corrected chi connectivity index (χ1v) is 18.7. The number of hydrogen-bond acceptors (Lipinski definition) is 0. The van der Waals surface area contributed by atoms with Gasteiger partial charge in [0.05, 0.1) is 27.6 Å². The number of aromatic nitrogens is 4. The van der Waals surface area contributed by atoms with Gasteiger partial charge in [-0.05, 0) is 71.8 Å². The van der Waals surface area contributed by atoms with Crippen molar-refractivity contribution in [2.24, 2.45) is 14.1 Å². The highest BCUT2D eigenvalue weighted by Crippen LogP contribution is 2.43. The number of rotatable bonds is 3. The molecule has 0 amide bonds. The van der Waals surface area contributed by atoms with Crippen molar-refractivity contribution >= 4 is 87.2 Å². The second-order valence-corrected chi connectivity index (χ2v) is 14.7. The first-order valence-electron chi connectivity index (χ1n) is 18.7. The zero-order valence-electron chi connectivity index (χ0n) is 30.0. The quantitative estimate of drug-likeness (QED) is 0.176. The molecule has 54 heavy (non-hydrogen) atoms. The van der Waals surface area contributed by atoms with E-state index in [4.69, 9.17) is 0 Å². The summed E-state index contributed by atoms with van der Waals surface area (Å²) in [7, 11) is 4.38. The molecule has 8 aromatic carbocycles. The van der Waals surface area contributed by atoms with Crippen LogP contribution in [0.3, 0.4) is 0 Å². The Hall–Kier alpha value is -7.04. The number of hydrogen-bond donors (Lipinski definition) is 0. The topological polar surface area (TPSA) is 19.7 Å². The maximum atomic E-state index is 2.46. The highest BCUT2D eigenvalue weighted by atomic mass is 15.0. The van der Waals surface area contributed by atoms with Crippen molar-refractivity contribution in [3.8, 4) is 22.5 Å². The second kappa shape index (κ2) is 10.8. The molecule has 0 aliphatic rings. The van der Waals surface area contributed by atoms with Crippen LogP contribution in [0.25, 0.3) is 110 Å². The van der Waals surface area contributed by atoms with E-state index >= 15 is 0 Å². The van der Waals surface area contributed by atoms with Crippen LogP contribution in [-0.4, -0.2) is 18.3 Å². The molecule has 0 radical (unpaired) electrons. The Kier molecular flexibility index (Phi) is 5.88. The summed E-state index contributed by atoms with van der Waals surface area (Å²) in [6.07, 6.45) is 0. The van der Waals surface area contributed by atoms with Gasteiger partial charge in [0.15, 0.2) is 0 Å². The molecule has 0 saturated heterocycles. The van der Waals surface area contributed by atoms with E-state index in [1.807, 2.05) is 0 Å². The van der Waals surface area contributed by atoms with Gasteiger partial charge < -0.3 is 18.3 Å². The molecule has 0 aliphatic heterocycles. The van der Waals surface area contributed by atoms with Gasteiger partial charge in [0.2, 0.25) is 0 Å². The van der Waals surface area contributed by atoms with Crippen molar-refractivity contribution in [3.63, 3.8) is 0 Å². The number of fused-ring (bicyclic) bond motifs is 14. The molecule has 12 aromatic rings. The molecule has 4 aromatic heterocycles. The van der Waals surface area contributed by atoms with Crippen LogP contribution in [0.2, 0.25) is 0 Å². The lowest BCUT2D eigenvalue weighted by Crippen LogP contribution is -1.97. The lowest BCUT2D eigenvalue weighted by atomic mass is 10.0. The predicted molar refractivity (Wildman–Crippen MR) is 229 cm³/mol. The zero-order chi connectivity index (χ0) is 35.7. The van der Waals surface area contributed by atoms with Crippen molar-refractivity contribution in [2.45, 2.75) is 0 Å². The number of para-hydroxylation sites is 4. The number of benzene rings is 8. The average Bonchev–Trinajstić information content (AvgIpc) is 3.93. The molecule has 4 heteroatoms. The Morgan fingerprint density at radius 1 is 0.296 bits per heavy atom. The molecule has 0 atom stereocenters. The van der Waals surface area contributed by atoms with Gasteiger partial charge >= 0.3 is 0 Å². The summed E-state index contributed by atoms with van der Waals surface area (Å²) in [4.78, 5) is 0. The first-order chi connectivity index (χ1) is 26.7. The van der Waals surface area contributed by atoms with Crippen LogP contribution in [0.4, 0.5) is 0 Å². The van der Waals surface area contributed by atoms with Crippen molar-refractivity contribution < 1.29 is 0 Å². The van der Waals surface area contributed by atoms with E-state index in [1.165, 1.54) is 98.4 Å². The normalized spacial score (nSPS) is 12.3. The van der Waals surface area contributed by atoms with Crippen LogP contribution in [0, 0.1) is 0 Å². The summed E-state index contributed by atoms with van der Waals surface area (Å²) in [5.41, 5.74) is 14.6. The molecule has 0 saturated carbocycles. The minimum Gasteiger partial charge on any atom is -0.344 e. The smallest absolute Gasteiger partial charge is 0.0785 e. The molecule has 12 rings (SSSR count). The summed E-state index contributed by atoms with van der Waals surface area (Å²) in [5, 5.41) is 10.3. The summed E-state index contributed by atoms with van der Waals surface area (Å²) < 4.78 is 9.59. The molecule has 0 spiro atoms. The van der Waals surface area contributed by atoms with Gasteiger partial charge in [-0.25, -0.2) is 0 Å². The monoisotopic (exact) mass is 690 g/mol. The van der Waals surface area contributed by atoms with Gasteiger partial charge in [-0.1, -0.05) is 109 Å². The zero-order valence-corrected chi connectivity index (χ0v) is 30.0. The van der Waals surface area contributed by atoms with Gasteiger partial charge in [0.25, 0.3) is 0 Å². The number of nitrogens with zero attached hydrogens (tertiary/aromatic N) is 4. The van der Waals surface area contributed by atoms with Crippen LogP contribution in [0.5, 0.6) is 0 Å². The van der Waals surface area contributed by atoms with Gasteiger partial charge in [-0.3, -0.25) is 0 Å². The molecule has 0 fully saturated rings. The van der Waals surface area contributed by atoms with E-state index in [0.717, 1.165) is 11.4 Å². The predicted octanol–water partition coefficient (Wildman–Crippen LogP) is 12.8. The van der Waals surface area contributed by atoms with E-state index in [0.29, 0.717) is 0 Å². The Morgan fingerprint density at radius 3 is 1.57 bits per heavy atom. The lowest BCUT2D eigenvalue weighted by Gasteiger charge is -2.12. The fourth-order valence-corrected chi connectivity index (χ4v) is 9.57. The lowest BCUT2D eigenvalue weighted by molar-refractivity contribution is 1.01. The summed E-state index contributed by atoms with van der Waals surface area (Å²) in [6, 6.07) is 62.5. The van der Waals surface area contributed by atoms with Crippen molar-refractivity contribution in [1.29, 1.82) is 0 Å². The molecular formula is C50H34N4. The standard InChI is InChI=1S/C50H34N4/c1-51-42-18-10-8-16-39(42)47-44(51)28-29-45-48(47)40-25-22-32(30-46(40)53(45)33-12-4-3-5-13-33)31-20-23-34(24-21-31)54-43-19-11-7-15-36(43)38-27-26-37-35-14-6-9-17-41(35)52(2)49(37)50(38)54/h3-30H,1-2H3. The van der Waals surface area contributed by atoms with Gasteiger partial charge in [-0.15, -0.1) is 0 Å². The summed E-state index contributed by atoms with van der Waals surface area (Å²) in [5.74, 6) is 0. The van der Waals surface area contributed by atoms with Gasteiger partial charge in [0.1, 0.15) is 0 Å². The van der Waals surface area contributed by atoms with Crippen molar-refractivity contribution in [2.75, 3.05) is 0 Å². The molecule has 0 aliphatic carbocycles. The van der Waals surface area contributed by atoms with Crippen LogP contribution < -0.4 is 0 Å². The fraction of sp³-hybridized carbons (Fsp3) is 0.0400. The van der Waals surface area contributed by atoms with Crippen LogP contribution in [0.1, 0.15) is 0 Å². The van der Waals surface area contributed by atoms with Crippen molar-refractivity contribution in [3.05, 3.63) is 170 Å². The second-order valence-electron chi connectivity index (χ2n) is 14.7. The van der Waals surface area contributed by atoms with E-state index in [2.05, 4.69) is 202 Å². The fourth-order valence-electron chi connectivity index (χ4n) is 9.57. The first kappa shape index (κ1) is 29.5. The highest BCUT2D eigenvalue weighted by Gasteiger charge is 2.21. The Balaban J connectivity index is 1.08. The molecule has 0 unspecified atom stereocenters. The van der Waals surface area contributed by atoms with E-state index in [9.17, 15) is 0 Å². The van der Waals surface area contributed by atoms with Crippen molar-refractivity contribution in [1.82, 2.24) is 18.3 Å². The molecule has 4 nitrogen and oxygen atoms in total. The third kappa shape index (κ3) is 3.81. The minimum absolute atomic E-state index is 1.15. The molecule has 4 heterocycles. The minimum atomic E-state index is 1.15. The molecule has 0 bridgehead atoms. The van der Waals surface area contributed by atoms with E-state index in [1.54, 1.807) is 0 Å². The Morgan fingerprint density at radius 2 is 0.815 bits per heavy atom. The van der Waals surface area contributed by atoms with E-state index in [-0.39, 0.29) is 0 Å². The molecular weight excluding hydrogens is 657 g/mol. The summed E-state index contributed by atoms with van der Waals surface area (Å²) >= 11 is 0. The van der Waals surface area contributed by atoms with Crippen LogP contribution in [-0.2, 0) is 14.1 Å². The summed E-state index contributed by atoms with van der Waals surface area (Å²) in [6.45, 7) is 0. The van der Waals surface area contributed by atoms with Gasteiger partial charge in [0, 0.05) is 85.1 Å². The largest absolute Gasteiger partial charge is 0.344 e. The Labute approximate surface area is 310 Å². The van der Waals surface area contributed by atoms with Crippen LogP contribution in [0.15, 0.2) is 170 Å². The third-order valence-electron chi connectivity index (χ3n) is 12.0. The highest BCUT2D eigenvalue weighted by molar-refractivity contribution is 6.29. The Bertz CT molecular complexity index is 3500. The number of aryl methyl sites for hydroxylation is 2. The maximum absolute atomic E-state index is 2.46. The van der Waals surface area contributed by atoms with E-state index < -0.39 is 0 Å². The third-order valence-corrected chi connectivity index (χ3v) is 12.0. The average molecular weight is 691 g/mol.